The number of carbonyl (C=O) groups excluding carboxylic acids is 1. The molecule has 0 unspecified atom stereocenters. The van der Waals surface area contributed by atoms with Gasteiger partial charge in [-0.2, -0.15) is 31.4 Å². The zero-order valence-corrected chi connectivity index (χ0v) is 19.3. The maximum Gasteiger partial charge on any atom is 0.434 e. The minimum Gasteiger partial charge on any atom is -0.381 e. The third-order valence-corrected chi connectivity index (χ3v) is 5.31. The van der Waals surface area contributed by atoms with E-state index in [0.29, 0.717) is 6.20 Å². The minimum atomic E-state index is -4.91. The Morgan fingerprint density at radius 1 is 1.08 bits per heavy atom. The van der Waals surface area contributed by atoms with Crippen molar-refractivity contribution < 1.29 is 41.0 Å². The van der Waals surface area contributed by atoms with Crippen molar-refractivity contribution in [1.29, 1.82) is 0 Å². The lowest BCUT2D eigenvalue weighted by atomic mass is 10.2. The van der Waals surface area contributed by atoms with Crippen molar-refractivity contribution in [3.05, 3.63) is 40.2 Å². The van der Waals surface area contributed by atoms with Crippen molar-refractivity contribution in [3.63, 3.8) is 0 Å². The number of nitrogens with one attached hydrogen (secondary N) is 2. The Balaban J connectivity index is 1.44. The van der Waals surface area contributed by atoms with Crippen molar-refractivity contribution in [1.82, 2.24) is 25.1 Å². The molecule has 0 aliphatic carbocycles. The number of carbonyl (C=O) groups is 1. The van der Waals surface area contributed by atoms with E-state index in [-0.39, 0.29) is 38.6 Å². The fourth-order valence-corrected chi connectivity index (χ4v) is 3.52. The summed E-state index contributed by atoms with van der Waals surface area (Å²) >= 11 is 0. The molecule has 2 atom stereocenters. The van der Waals surface area contributed by atoms with E-state index in [1.807, 2.05) is 0 Å². The summed E-state index contributed by atoms with van der Waals surface area (Å²) < 4.78 is 82.5. The first-order chi connectivity index (χ1) is 17.3. The van der Waals surface area contributed by atoms with E-state index >= 15 is 0 Å². The summed E-state index contributed by atoms with van der Waals surface area (Å²) in [5, 5.41) is 17.7. The van der Waals surface area contributed by atoms with Crippen LogP contribution in [-0.2, 0) is 21.9 Å². The summed E-state index contributed by atoms with van der Waals surface area (Å²) in [5.74, 6) is -0.424. The number of hydrogen-bond donors (Lipinski definition) is 3. The van der Waals surface area contributed by atoms with Gasteiger partial charge in [0.25, 0.3) is 11.5 Å². The summed E-state index contributed by atoms with van der Waals surface area (Å²) in [6, 6.07) is -0.736. The molecule has 0 bridgehead atoms. The largest absolute Gasteiger partial charge is 0.434 e. The zero-order valence-electron chi connectivity index (χ0n) is 19.3. The smallest absolute Gasteiger partial charge is 0.381 e. The van der Waals surface area contributed by atoms with Crippen LogP contribution in [0, 0.1) is 0 Å². The first-order valence-corrected chi connectivity index (χ1v) is 10.9. The number of ether oxygens (including phenoxy) is 1. The van der Waals surface area contributed by atoms with Crippen LogP contribution in [0.3, 0.4) is 0 Å². The van der Waals surface area contributed by atoms with Gasteiger partial charge in [0.15, 0.2) is 11.8 Å². The van der Waals surface area contributed by atoms with Crippen LogP contribution in [0.4, 0.5) is 37.8 Å². The Labute approximate surface area is 205 Å². The van der Waals surface area contributed by atoms with Crippen LogP contribution in [0.25, 0.3) is 0 Å². The van der Waals surface area contributed by atoms with Crippen LogP contribution < -0.4 is 15.8 Å². The van der Waals surface area contributed by atoms with E-state index in [9.17, 15) is 41.0 Å². The van der Waals surface area contributed by atoms with E-state index in [0.717, 1.165) is 12.4 Å². The third kappa shape index (κ3) is 7.28. The molecular weight excluding hydrogens is 516 g/mol. The van der Waals surface area contributed by atoms with Gasteiger partial charge in [0.05, 0.1) is 37.5 Å². The summed E-state index contributed by atoms with van der Waals surface area (Å²) in [4.78, 5) is 34.1. The SMILES string of the molecule is C[C@@H](COC[C@@H](O)C(=O)N1CCN(c2cnc(C(F)(F)F)cn2)CC1)Nc1cn[nH]c(=O)c1C(F)(F)F. The van der Waals surface area contributed by atoms with E-state index in [2.05, 4.69) is 20.4 Å². The predicted octanol–water partition coefficient (Wildman–Crippen LogP) is 1.12. The monoisotopic (exact) mass is 539 g/mol. The zero-order chi connectivity index (χ0) is 27.4. The van der Waals surface area contributed by atoms with Crippen molar-refractivity contribution in [2.45, 2.75) is 31.4 Å². The second kappa shape index (κ2) is 11.3. The van der Waals surface area contributed by atoms with Gasteiger partial charge in [0.1, 0.15) is 11.4 Å². The molecule has 0 spiro atoms. The van der Waals surface area contributed by atoms with Gasteiger partial charge in [-0.1, -0.05) is 0 Å². The fourth-order valence-electron chi connectivity index (χ4n) is 3.52. The quantitative estimate of drug-likeness (QED) is 0.422. The Morgan fingerprint density at radius 3 is 2.32 bits per heavy atom. The fraction of sp³-hybridized carbons (Fsp3) is 0.550. The van der Waals surface area contributed by atoms with Crippen LogP contribution in [-0.4, -0.2) is 87.6 Å². The number of halogens is 6. The molecule has 0 radical (unpaired) electrons. The third-order valence-electron chi connectivity index (χ3n) is 5.31. The van der Waals surface area contributed by atoms with Crippen molar-refractivity contribution in [2.75, 3.05) is 49.6 Å². The lowest BCUT2D eigenvalue weighted by Crippen LogP contribution is -2.52. The Bertz CT molecular complexity index is 1120. The molecule has 1 aliphatic heterocycles. The van der Waals surface area contributed by atoms with Crippen LogP contribution >= 0.6 is 0 Å². The van der Waals surface area contributed by atoms with Gasteiger partial charge in [-0.3, -0.25) is 9.59 Å². The molecule has 17 heteroatoms. The Kier molecular flexibility index (Phi) is 8.57. The van der Waals surface area contributed by atoms with Gasteiger partial charge >= 0.3 is 12.4 Å². The lowest BCUT2D eigenvalue weighted by molar-refractivity contribution is -0.144. The normalized spacial score (nSPS) is 16.4. The predicted molar refractivity (Wildman–Crippen MR) is 116 cm³/mol. The summed E-state index contributed by atoms with van der Waals surface area (Å²) in [5.41, 5.74) is -4.50. The number of piperazine rings is 1. The second-order valence-corrected chi connectivity index (χ2v) is 8.15. The van der Waals surface area contributed by atoms with E-state index in [4.69, 9.17) is 4.74 Å². The summed E-state index contributed by atoms with van der Waals surface area (Å²) in [6.45, 7) is 1.64. The van der Waals surface area contributed by atoms with Crippen LogP contribution in [0.15, 0.2) is 23.4 Å². The molecule has 2 aromatic heterocycles. The molecule has 1 aliphatic rings. The number of amides is 1. The van der Waals surface area contributed by atoms with Gasteiger partial charge in [-0.15, -0.1) is 0 Å². The number of anilines is 2. The number of aromatic nitrogens is 4. The molecule has 2 aromatic rings. The Morgan fingerprint density at radius 2 is 1.76 bits per heavy atom. The van der Waals surface area contributed by atoms with Crippen LogP contribution in [0.2, 0.25) is 0 Å². The molecular formula is C20H23F6N7O4. The number of aliphatic hydroxyl groups excluding tert-OH is 1. The molecule has 37 heavy (non-hydrogen) atoms. The molecule has 3 N–H and O–H groups in total. The number of aliphatic hydroxyl groups is 1. The number of nitrogens with zero attached hydrogens (tertiary/aromatic N) is 5. The highest BCUT2D eigenvalue weighted by atomic mass is 19.4. The topological polar surface area (TPSA) is 137 Å². The maximum absolute atomic E-state index is 13.1. The highest BCUT2D eigenvalue weighted by molar-refractivity contribution is 5.81. The van der Waals surface area contributed by atoms with Crippen molar-refractivity contribution in [3.8, 4) is 0 Å². The first kappa shape index (κ1) is 28.1. The van der Waals surface area contributed by atoms with Gasteiger partial charge in [-0.25, -0.2) is 15.1 Å². The van der Waals surface area contributed by atoms with E-state index in [1.165, 1.54) is 11.8 Å². The minimum absolute atomic E-state index is 0.159. The van der Waals surface area contributed by atoms with Crippen LogP contribution in [0.1, 0.15) is 18.2 Å². The molecule has 1 saturated heterocycles. The molecule has 204 valence electrons. The van der Waals surface area contributed by atoms with E-state index < -0.39 is 59.5 Å². The van der Waals surface area contributed by atoms with Gasteiger partial charge in [-0.05, 0) is 6.92 Å². The molecule has 1 fully saturated rings. The number of rotatable bonds is 8. The highest BCUT2D eigenvalue weighted by Gasteiger charge is 2.37. The van der Waals surface area contributed by atoms with Crippen LogP contribution in [0.5, 0.6) is 0 Å². The molecule has 3 rings (SSSR count). The molecule has 3 heterocycles. The number of alkyl halides is 6. The second-order valence-electron chi connectivity index (χ2n) is 8.15. The lowest BCUT2D eigenvalue weighted by Gasteiger charge is -2.36. The molecule has 11 nitrogen and oxygen atoms in total. The maximum atomic E-state index is 13.1. The number of aromatic amines is 1. The average Bonchev–Trinajstić information content (AvgIpc) is 2.82. The molecule has 1 amide bonds. The van der Waals surface area contributed by atoms with Crippen molar-refractivity contribution >= 4 is 17.4 Å². The Hall–Kier alpha value is -3.47. The highest BCUT2D eigenvalue weighted by Crippen LogP contribution is 2.31. The van der Waals surface area contributed by atoms with Gasteiger partial charge in [0, 0.05) is 32.2 Å². The molecule has 0 aromatic carbocycles. The van der Waals surface area contributed by atoms with Gasteiger partial charge < -0.3 is 25.0 Å². The number of hydrogen-bond acceptors (Lipinski definition) is 9. The summed E-state index contributed by atoms with van der Waals surface area (Å²) in [7, 11) is 0. The summed E-state index contributed by atoms with van der Waals surface area (Å²) in [6.07, 6.45) is -8.62. The standard InChI is InChI=1S/C20H23F6N7O4/c1-11(30-12-6-29-31-17(35)16(12)20(24,25)26)9-37-10-13(34)18(36)33-4-2-32(3-5-33)15-8-27-14(7-28-15)19(21,22)23/h6-8,11,13,34H,2-5,9-10H2,1H3,(H2,30,31,35)/t11-,13+/m0/s1. The van der Waals surface area contributed by atoms with Gasteiger partial charge in [0.2, 0.25) is 0 Å². The first-order valence-electron chi connectivity index (χ1n) is 10.9. The molecule has 0 saturated carbocycles. The average molecular weight is 539 g/mol. The number of H-pyrrole nitrogens is 1. The van der Waals surface area contributed by atoms with E-state index in [1.54, 1.807) is 10.00 Å². The van der Waals surface area contributed by atoms with Crippen molar-refractivity contribution in [2.24, 2.45) is 0 Å².